The van der Waals surface area contributed by atoms with Gasteiger partial charge in [-0.15, -0.1) is 24.5 Å². The number of carboxylic acids is 1. The van der Waals surface area contributed by atoms with E-state index in [4.69, 9.17) is 9.84 Å². The zero-order chi connectivity index (χ0) is 26.8. The van der Waals surface area contributed by atoms with Gasteiger partial charge in [-0.3, -0.25) is 9.46 Å². The summed E-state index contributed by atoms with van der Waals surface area (Å²) in [5.41, 5.74) is 1.56. The van der Waals surface area contributed by atoms with Crippen LogP contribution in [0.1, 0.15) is 47.5 Å². The monoisotopic (exact) mass is 556 g/mol. The summed E-state index contributed by atoms with van der Waals surface area (Å²) < 4.78 is 75.3. The number of ether oxygens (including phenoxy) is 2. The maximum atomic E-state index is 12.9. The maximum absolute atomic E-state index is 12.9. The van der Waals surface area contributed by atoms with Gasteiger partial charge in [-0.1, -0.05) is 30.7 Å². The number of aromatic nitrogens is 1. The normalized spacial score (nSPS) is 18.4. The van der Waals surface area contributed by atoms with Crippen molar-refractivity contribution in [1.29, 1.82) is 0 Å². The lowest BCUT2D eigenvalue weighted by Crippen LogP contribution is -2.28. The van der Waals surface area contributed by atoms with Crippen LogP contribution in [0.5, 0.6) is 5.75 Å². The van der Waals surface area contributed by atoms with Gasteiger partial charge in [-0.05, 0) is 48.9 Å². The molecule has 13 heteroatoms. The summed E-state index contributed by atoms with van der Waals surface area (Å²) in [7, 11) is -2.80. The number of methoxy groups -OCH3 is 1. The first-order valence-corrected chi connectivity index (χ1v) is 13.6. The van der Waals surface area contributed by atoms with Crippen molar-refractivity contribution in [3.8, 4) is 16.3 Å². The van der Waals surface area contributed by atoms with Gasteiger partial charge in [-0.2, -0.15) is 8.42 Å². The highest BCUT2D eigenvalue weighted by atomic mass is 32.2. The fraction of sp³-hybridized carbons (Fsp3) is 0.333. The number of sulfonamides is 1. The van der Waals surface area contributed by atoms with Crippen LogP contribution >= 0.6 is 11.3 Å². The molecule has 0 amide bonds. The zero-order valence-corrected chi connectivity index (χ0v) is 21.1. The Morgan fingerprint density at radius 1 is 1.16 bits per heavy atom. The number of carboxylic acid groups (broad SMARTS) is 1. The Labute approximate surface area is 215 Å². The highest BCUT2D eigenvalue weighted by Crippen LogP contribution is 2.38. The first kappa shape index (κ1) is 26.9. The predicted octanol–water partition coefficient (Wildman–Crippen LogP) is 5.88. The van der Waals surface area contributed by atoms with Crippen molar-refractivity contribution in [3.05, 3.63) is 59.0 Å². The van der Waals surface area contributed by atoms with Crippen LogP contribution in [0.25, 0.3) is 10.6 Å². The average molecular weight is 557 g/mol. The molecule has 1 aliphatic carbocycles. The molecule has 3 aromatic rings. The second-order valence-corrected chi connectivity index (χ2v) is 11.0. The van der Waals surface area contributed by atoms with Gasteiger partial charge >= 0.3 is 12.3 Å². The lowest BCUT2D eigenvalue weighted by atomic mass is 9.82. The molecule has 4 rings (SSSR count). The quantitative estimate of drug-likeness (QED) is 0.356. The van der Waals surface area contributed by atoms with Crippen LogP contribution in [0.15, 0.2) is 52.9 Å². The van der Waals surface area contributed by atoms with E-state index in [9.17, 15) is 26.4 Å². The average Bonchev–Trinajstić information content (AvgIpc) is 3.35. The van der Waals surface area contributed by atoms with Crippen LogP contribution in [-0.2, 0) is 14.8 Å². The first-order chi connectivity index (χ1) is 17.4. The Morgan fingerprint density at radius 3 is 2.54 bits per heavy atom. The summed E-state index contributed by atoms with van der Waals surface area (Å²) in [6.45, 7) is 0. The zero-order valence-electron chi connectivity index (χ0n) is 19.5. The van der Waals surface area contributed by atoms with Gasteiger partial charge in [0.05, 0.1) is 24.5 Å². The maximum Gasteiger partial charge on any atom is 0.522 e. The Hall–Kier alpha value is -3.16. The number of thiazole rings is 1. The van der Waals surface area contributed by atoms with Crippen LogP contribution < -0.4 is 9.46 Å². The van der Waals surface area contributed by atoms with Crippen molar-refractivity contribution in [2.45, 2.75) is 49.1 Å². The van der Waals surface area contributed by atoms with Gasteiger partial charge in [0, 0.05) is 10.9 Å². The van der Waals surface area contributed by atoms with E-state index in [1.54, 1.807) is 12.1 Å². The van der Waals surface area contributed by atoms with Crippen LogP contribution in [0, 0.1) is 0 Å². The van der Waals surface area contributed by atoms with Crippen LogP contribution in [0.3, 0.4) is 0 Å². The molecule has 0 saturated heterocycles. The molecule has 198 valence electrons. The number of halogens is 3. The number of aromatic carboxylic acids is 1. The SMILES string of the molecule is COc1cc(C(=O)O)ccc1NS(=O)(=O)c1csc(-c2ccc(C3CCCC(OC(F)(F)F)C3)cc2)n1. The van der Waals surface area contributed by atoms with E-state index in [1.807, 2.05) is 12.1 Å². The Balaban J connectivity index is 1.47. The summed E-state index contributed by atoms with van der Waals surface area (Å²) >= 11 is 1.12. The molecule has 0 radical (unpaired) electrons. The summed E-state index contributed by atoms with van der Waals surface area (Å²) in [6, 6.07) is 10.9. The molecule has 1 aromatic heterocycles. The van der Waals surface area contributed by atoms with E-state index in [0.29, 0.717) is 23.4 Å². The standard InChI is InChI=1S/C24H23F3N2O6S2/c1-34-20-12-17(23(30)31)9-10-19(20)29-37(32,33)21-13-36-22(28-21)15-7-5-14(6-8-15)16-3-2-4-18(11-16)35-24(25,26)27/h5-10,12-13,16,18,29H,2-4,11H2,1H3,(H,30,31). The van der Waals surface area contributed by atoms with E-state index in [-0.39, 0.29) is 34.4 Å². The van der Waals surface area contributed by atoms with Gasteiger partial charge in [0.1, 0.15) is 10.8 Å². The minimum atomic E-state index is -4.65. The molecule has 2 atom stereocenters. The van der Waals surface area contributed by atoms with Gasteiger partial charge in [0.2, 0.25) is 0 Å². The number of rotatable bonds is 8. The molecule has 0 bridgehead atoms. The molecule has 1 heterocycles. The molecule has 2 unspecified atom stereocenters. The van der Waals surface area contributed by atoms with Crippen LogP contribution in [-0.4, -0.2) is 44.1 Å². The summed E-state index contributed by atoms with van der Waals surface area (Å²) in [4.78, 5) is 15.4. The number of nitrogens with zero attached hydrogens (tertiary/aromatic N) is 1. The molecule has 2 aromatic carbocycles. The molecule has 0 spiro atoms. The smallest absolute Gasteiger partial charge is 0.495 e. The van der Waals surface area contributed by atoms with Crippen molar-refractivity contribution in [2.75, 3.05) is 11.8 Å². The molecular weight excluding hydrogens is 533 g/mol. The summed E-state index contributed by atoms with van der Waals surface area (Å²) in [6.07, 6.45) is -3.47. The van der Waals surface area contributed by atoms with Gasteiger partial charge in [0.25, 0.3) is 10.0 Å². The molecule has 37 heavy (non-hydrogen) atoms. The van der Waals surface area contributed by atoms with Crippen LogP contribution in [0.2, 0.25) is 0 Å². The number of nitrogens with one attached hydrogen (secondary N) is 1. The van der Waals surface area contributed by atoms with Gasteiger partial charge < -0.3 is 9.84 Å². The largest absolute Gasteiger partial charge is 0.522 e. The van der Waals surface area contributed by atoms with Gasteiger partial charge in [0.15, 0.2) is 5.03 Å². The molecule has 8 nitrogen and oxygen atoms in total. The Morgan fingerprint density at radius 2 is 1.89 bits per heavy atom. The van der Waals surface area contributed by atoms with Crippen molar-refractivity contribution < 1.29 is 41.0 Å². The summed E-state index contributed by atoms with van der Waals surface area (Å²) in [5, 5.41) is 10.7. The number of benzene rings is 2. The number of carbonyl (C=O) groups is 1. The molecule has 2 N–H and O–H groups in total. The lowest BCUT2D eigenvalue weighted by Gasteiger charge is -2.30. The van der Waals surface area contributed by atoms with Crippen molar-refractivity contribution in [2.24, 2.45) is 0 Å². The summed E-state index contributed by atoms with van der Waals surface area (Å²) in [5.74, 6) is -1.20. The Kier molecular flexibility index (Phi) is 7.76. The lowest BCUT2D eigenvalue weighted by molar-refractivity contribution is -0.345. The molecule has 1 fully saturated rings. The van der Waals surface area contributed by atoms with Crippen molar-refractivity contribution >= 4 is 33.0 Å². The van der Waals surface area contributed by atoms with Gasteiger partial charge in [-0.25, -0.2) is 9.78 Å². The number of hydrogen-bond acceptors (Lipinski definition) is 7. The van der Waals surface area contributed by atoms with E-state index >= 15 is 0 Å². The third-order valence-corrected chi connectivity index (χ3v) is 8.30. The third kappa shape index (κ3) is 6.59. The predicted molar refractivity (Wildman–Crippen MR) is 130 cm³/mol. The molecule has 1 saturated carbocycles. The number of hydrogen-bond donors (Lipinski definition) is 2. The van der Waals surface area contributed by atoms with E-state index in [2.05, 4.69) is 14.4 Å². The Bertz CT molecular complexity index is 1370. The minimum Gasteiger partial charge on any atom is -0.495 e. The van der Waals surface area contributed by atoms with E-state index < -0.39 is 28.5 Å². The number of anilines is 1. The fourth-order valence-electron chi connectivity index (χ4n) is 4.26. The van der Waals surface area contributed by atoms with Crippen LogP contribution in [0.4, 0.5) is 18.9 Å². The molecule has 0 aliphatic heterocycles. The van der Waals surface area contributed by atoms with E-state index in [1.165, 1.54) is 30.7 Å². The fourth-order valence-corrected chi connectivity index (χ4v) is 6.43. The second kappa shape index (κ2) is 10.7. The number of alkyl halides is 3. The topological polar surface area (TPSA) is 115 Å². The van der Waals surface area contributed by atoms with Crippen molar-refractivity contribution in [1.82, 2.24) is 4.98 Å². The minimum absolute atomic E-state index is 0.0418. The molecule has 1 aliphatic rings. The van der Waals surface area contributed by atoms with Crippen molar-refractivity contribution in [3.63, 3.8) is 0 Å². The second-order valence-electron chi connectivity index (χ2n) is 8.49. The molecular formula is C24H23F3N2O6S2. The highest BCUT2D eigenvalue weighted by molar-refractivity contribution is 7.92. The third-order valence-electron chi connectivity index (χ3n) is 6.01. The van der Waals surface area contributed by atoms with E-state index in [0.717, 1.165) is 23.3 Å². The highest BCUT2D eigenvalue weighted by Gasteiger charge is 2.36. The first-order valence-electron chi connectivity index (χ1n) is 11.2.